The second-order valence-electron chi connectivity index (χ2n) is 2.74. The third-order valence-corrected chi connectivity index (χ3v) is 1.95. The third-order valence-electron chi connectivity index (χ3n) is 0.750. The summed E-state index contributed by atoms with van der Waals surface area (Å²) in [5.74, 6) is 0. The second-order valence-corrected chi connectivity index (χ2v) is 4.87. The Labute approximate surface area is 92.0 Å². The molecule has 1 rings (SSSR count). The molecule has 1 aromatic heterocycles. The molecular formula is C8H13ClN2Sn. The van der Waals surface area contributed by atoms with Crippen molar-refractivity contribution in [3.8, 4) is 0 Å². The van der Waals surface area contributed by atoms with Crippen molar-refractivity contribution in [2.24, 2.45) is 0 Å². The van der Waals surface area contributed by atoms with Crippen molar-refractivity contribution in [2.45, 2.75) is 0 Å². The van der Waals surface area contributed by atoms with E-state index in [0.29, 0.717) is 5.02 Å². The second kappa shape index (κ2) is 6.69. The molecule has 0 atom stereocenters. The van der Waals surface area contributed by atoms with Gasteiger partial charge in [0, 0.05) is 0 Å². The summed E-state index contributed by atoms with van der Waals surface area (Å²) in [5.41, 5.74) is 0. The standard InChI is InChI=1S/C5H3ClN.C3H9N.Sn.H/c6-5-2-1-3-7-4-5;1-4(2)3;;/h1-2,4H;1-3H3;;. The van der Waals surface area contributed by atoms with Gasteiger partial charge in [0.05, 0.1) is 0 Å². The van der Waals surface area contributed by atoms with E-state index >= 15 is 0 Å². The first-order valence-electron chi connectivity index (χ1n) is 3.50. The van der Waals surface area contributed by atoms with Crippen LogP contribution in [0.1, 0.15) is 0 Å². The van der Waals surface area contributed by atoms with E-state index in [-0.39, 0.29) is 0 Å². The van der Waals surface area contributed by atoms with Crippen LogP contribution in [0.15, 0.2) is 18.3 Å². The zero-order chi connectivity index (χ0) is 9.56. The van der Waals surface area contributed by atoms with E-state index in [2.05, 4.69) is 4.98 Å². The molecule has 0 aliphatic carbocycles. The van der Waals surface area contributed by atoms with Crippen LogP contribution in [0.4, 0.5) is 0 Å². The Morgan fingerprint density at radius 1 is 1.33 bits per heavy atom. The Kier molecular flexibility index (Phi) is 6.80. The van der Waals surface area contributed by atoms with Crippen molar-refractivity contribution in [2.75, 3.05) is 21.1 Å². The van der Waals surface area contributed by atoms with Crippen LogP contribution in [-0.2, 0) is 0 Å². The van der Waals surface area contributed by atoms with Gasteiger partial charge in [-0.1, -0.05) is 0 Å². The fraction of sp³-hybridized carbons (Fsp3) is 0.375. The number of hydrogen-bond acceptors (Lipinski definition) is 2. The van der Waals surface area contributed by atoms with Crippen molar-refractivity contribution in [1.82, 2.24) is 9.88 Å². The molecule has 66 valence electrons. The molecule has 12 heavy (non-hydrogen) atoms. The monoisotopic (exact) mass is 292 g/mol. The molecule has 0 saturated heterocycles. The van der Waals surface area contributed by atoms with E-state index in [1.54, 1.807) is 6.20 Å². The summed E-state index contributed by atoms with van der Waals surface area (Å²) >= 11 is 6.62. The zero-order valence-electron chi connectivity index (χ0n) is 7.58. The van der Waals surface area contributed by atoms with E-state index in [9.17, 15) is 0 Å². The maximum absolute atomic E-state index is 5.56. The summed E-state index contributed by atoms with van der Waals surface area (Å²) in [7, 11) is 6.00. The van der Waals surface area contributed by atoms with Crippen LogP contribution < -0.4 is 3.71 Å². The maximum atomic E-state index is 5.56. The van der Waals surface area contributed by atoms with E-state index < -0.39 is 0 Å². The predicted octanol–water partition coefficient (Wildman–Crippen LogP) is 0.439. The van der Waals surface area contributed by atoms with Crippen molar-refractivity contribution >= 4 is 37.8 Å². The van der Waals surface area contributed by atoms with Gasteiger partial charge < -0.3 is 4.90 Å². The van der Waals surface area contributed by atoms with Crippen LogP contribution in [0.5, 0.6) is 0 Å². The molecule has 2 radical (unpaired) electrons. The van der Waals surface area contributed by atoms with Gasteiger partial charge in [-0.3, -0.25) is 0 Å². The van der Waals surface area contributed by atoms with Crippen molar-refractivity contribution in [3.63, 3.8) is 0 Å². The van der Waals surface area contributed by atoms with E-state index in [1.807, 2.05) is 38.2 Å². The van der Waals surface area contributed by atoms with E-state index in [0.717, 1.165) is 26.2 Å². The fourth-order valence-corrected chi connectivity index (χ4v) is 0.986. The molecule has 1 aromatic rings. The average molecular weight is 291 g/mol. The number of aromatic nitrogens is 1. The van der Waals surface area contributed by atoms with Crippen molar-refractivity contribution < 1.29 is 0 Å². The Hall–Kier alpha value is 0.199. The summed E-state index contributed by atoms with van der Waals surface area (Å²) in [4.78, 5) is 6.00. The Bertz CT molecular complexity index is 187. The van der Waals surface area contributed by atoms with E-state index in [1.165, 1.54) is 0 Å². The summed E-state index contributed by atoms with van der Waals surface area (Å²) in [5, 5.41) is 0.711. The fourth-order valence-electron chi connectivity index (χ4n) is 0.387. The summed E-state index contributed by atoms with van der Waals surface area (Å²) in [6.45, 7) is 0. The van der Waals surface area contributed by atoms with Crippen LogP contribution in [0.3, 0.4) is 0 Å². The number of pyridine rings is 1. The van der Waals surface area contributed by atoms with Gasteiger partial charge in [0.25, 0.3) is 0 Å². The van der Waals surface area contributed by atoms with Crippen LogP contribution in [-0.4, -0.2) is 53.6 Å². The van der Waals surface area contributed by atoms with Crippen molar-refractivity contribution in [3.05, 3.63) is 23.4 Å². The molecule has 0 amide bonds. The molecule has 0 saturated carbocycles. The normalized spacial score (nSPS) is 9.17. The minimum atomic E-state index is 0.711. The van der Waals surface area contributed by atoms with Crippen LogP contribution in [0.2, 0.25) is 5.02 Å². The van der Waals surface area contributed by atoms with Crippen LogP contribution in [0.25, 0.3) is 0 Å². The van der Waals surface area contributed by atoms with Gasteiger partial charge in [-0.05, 0) is 21.1 Å². The molecule has 0 aliphatic heterocycles. The summed E-state index contributed by atoms with van der Waals surface area (Å²) < 4.78 is 1.12. The minimum absolute atomic E-state index is 0.711. The number of halogens is 1. The quantitative estimate of drug-likeness (QED) is 0.645. The average Bonchev–Trinajstić information content (AvgIpc) is 1.94. The van der Waals surface area contributed by atoms with Gasteiger partial charge in [0.15, 0.2) is 0 Å². The van der Waals surface area contributed by atoms with Gasteiger partial charge in [-0.2, -0.15) is 0 Å². The first-order chi connectivity index (χ1) is 5.52. The molecule has 0 N–H and O–H groups in total. The molecule has 0 bridgehead atoms. The van der Waals surface area contributed by atoms with Crippen LogP contribution >= 0.6 is 11.6 Å². The molecule has 0 aliphatic rings. The molecule has 4 heteroatoms. The molecule has 1 heterocycles. The molecule has 0 fully saturated rings. The predicted molar refractivity (Wildman–Crippen MR) is 55.6 cm³/mol. The van der Waals surface area contributed by atoms with Gasteiger partial charge in [-0.25, -0.2) is 0 Å². The van der Waals surface area contributed by atoms with Crippen LogP contribution in [0, 0.1) is 0 Å². The SMILES string of the molecule is CN(C)C.Clc1cc[c]([SnH])nc1. The first-order valence-corrected chi connectivity index (χ1v) is 5.53. The zero-order valence-corrected chi connectivity index (χ0v) is 11.6. The number of nitrogens with zero attached hydrogens (tertiary/aromatic N) is 2. The van der Waals surface area contributed by atoms with Gasteiger partial charge in [0.1, 0.15) is 0 Å². The third kappa shape index (κ3) is 8.30. The molecule has 0 spiro atoms. The van der Waals surface area contributed by atoms with Gasteiger partial charge in [-0.15, -0.1) is 0 Å². The number of hydrogen-bond donors (Lipinski definition) is 0. The summed E-state index contributed by atoms with van der Waals surface area (Å²) in [6, 6.07) is 3.79. The van der Waals surface area contributed by atoms with Crippen molar-refractivity contribution in [1.29, 1.82) is 0 Å². The molecular weight excluding hydrogens is 278 g/mol. The Morgan fingerprint density at radius 3 is 2.08 bits per heavy atom. The molecule has 2 nitrogen and oxygen atoms in total. The molecule has 0 unspecified atom stereocenters. The van der Waals surface area contributed by atoms with Gasteiger partial charge in [0.2, 0.25) is 0 Å². The summed E-state index contributed by atoms with van der Waals surface area (Å²) in [6.07, 6.45) is 1.67. The van der Waals surface area contributed by atoms with Gasteiger partial charge >= 0.3 is 66.2 Å². The molecule has 0 aromatic carbocycles. The Morgan fingerprint density at radius 2 is 1.83 bits per heavy atom. The number of rotatable bonds is 0. The topological polar surface area (TPSA) is 16.1 Å². The first kappa shape index (κ1) is 12.2. The Balaban J connectivity index is 0.000000261. The van der Waals surface area contributed by atoms with E-state index in [4.69, 9.17) is 11.6 Å².